The standard InChI is InChI=1S/C16H22ClN3S/c1-3-13(18)16(14-7-8-15(17)21-14)20(2)11-9-12-6-4-5-10-19-12/h4-8,10,13,16H,3,9,11,18H2,1-2H3. The van der Waals surface area contributed by atoms with Crippen LogP contribution in [0, 0.1) is 0 Å². The Hall–Kier alpha value is -0.940. The van der Waals surface area contributed by atoms with Gasteiger partial charge in [-0.05, 0) is 37.7 Å². The molecule has 0 radical (unpaired) electrons. The summed E-state index contributed by atoms with van der Waals surface area (Å²) < 4.78 is 0.816. The van der Waals surface area contributed by atoms with E-state index in [2.05, 4.69) is 36.0 Å². The van der Waals surface area contributed by atoms with E-state index in [1.165, 1.54) is 4.88 Å². The first-order valence-electron chi connectivity index (χ1n) is 7.22. The SMILES string of the molecule is CCC(N)C(c1ccc(Cl)s1)N(C)CCc1ccccn1. The second-order valence-electron chi connectivity index (χ2n) is 5.21. The fourth-order valence-corrected chi connectivity index (χ4v) is 3.74. The summed E-state index contributed by atoms with van der Waals surface area (Å²) in [5.74, 6) is 0. The van der Waals surface area contributed by atoms with Crippen molar-refractivity contribution in [3.05, 3.63) is 51.4 Å². The molecule has 114 valence electrons. The number of hydrogen-bond acceptors (Lipinski definition) is 4. The Morgan fingerprint density at radius 3 is 2.71 bits per heavy atom. The van der Waals surface area contributed by atoms with Crippen molar-refractivity contribution >= 4 is 22.9 Å². The van der Waals surface area contributed by atoms with Crippen molar-refractivity contribution in [3.63, 3.8) is 0 Å². The van der Waals surface area contributed by atoms with Gasteiger partial charge in [-0.2, -0.15) is 0 Å². The molecule has 3 nitrogen and oxygen atoms in total. The van der Waals surface area contributed by atoms with Gasteiger partial charge in [-0.1, -0.05) is 24.6 Å². The molecular formula is C16H22ClN3S. The molecule has 2 rings (SSSR count). The van der Waals surface area contributed by atoms with E-state index in [0.717, 1.165) is 29.4 Å². The Labute approximate surface area is 135 Å². The molecule has 2 atom stereocenters. The highest BCUT2D eigenvalue weighted by Crippen LogP contribution is 2.32. The molecule has 0 bridgehead atoms. The van der Waals surface area contributed by atoms with Crippen LogP contribution in [-0.4, -0.2) is 29.5 Å². The third-order valence-electron chi connectivity index (χ3n) is 3.68. The molecular weight excluding hydrogens is 302 g/mol. The first kappa shape index (κ1) is 16.4. The molecule has 2 N–H and O–H groups in total. The number of rotatable bonds is 7. The molecule has 0 aliphatic carbocycles. The zero-order valence-corrected chi connectivity index (χ0v) is 14.1. The van der Waals surface area contributed by atoms with Crippen molar-refractivity contribution in [2.24, 2.45) is 5.73 Å². The van der Waals surface area contributed by atoms with Crippen LogP contribution in [-0.2, 0) is 6.42 Å². The van der Waals surface area contributed by atoms with Crippen molar-refractivity contribution in [1.82, 2.24) is 9.88 Å². The van der Waals surface area contributed by atoms with Crippen molar-refractivity contribution in [3.8, 4) is 0 Å². The number of aromatic nitrogens is 1. The zero-order valence-electron chi connectivity index (χ0n) is 12.5. The van der Waals surface area contributed by atoms with Crippen LogP contribution in [0.1, 0.15) is 30.0 Å². The Morgan fingerprint density at radius 1 is 1.33 bits per heavy atom. The molecule has 2 heterocycles. The number of thiophene rings is 1. The minimum Gasteiger partial charge on any atom is -0.326 e. The number of pyridine rings is 1. The fraction of sp³-hybridized carbons (Fsp3) is 0.438. The van der Waals surface area contributed by atoms with Crippen LogP contribution in [0.3, 0.4) is 0 Å². The molecule has 2 aromatic rings. The predicted octanol–water partition coefficient (Wildman–Crippen LogP) is 3.75. The van der Waals surface area contributed by atoms with Crippen LogP contribution in [0.4, 0.5) is 0 Å². The van der Waals surface area contributed by atoms with Gasteiger partial charge in [0, 0.05) is 35.8 Å². The summed E-state index contributed by atoms with van der Waals surface area (Å²) in [6, 6.07) is 10.4. The van der Waals surface area contributed by atoms with Gasteiger partial charge < -0.3 is 5.73 Å². The van der Waals surface area contributed by atoms with E-state index in [1.54, 1.807) is 11.3 Å². The number of likely N-dealkylation sites (N-methyl/N-ethyl adjacent to an activating group) is 1. The van der Waals surface area contributed by atoms with E-state index in [4.69, 9.17) is 17.3 Å². The van der Waals surface area contributed by atoms with Crippen LogP contribution in [0.2, 0.25) is 4.34 Å². The minimum absolute atomic E-state index is 0.105. The molecule has 2 aromatic heterocycles. The average Bonchev–Trinajstić information content (AvgIpc) is 2.92. The van der Waals surface area contributed by atoms with Gasteiger partial charge in [-0.15, -0.1) is 11.3 Å². The summed E-state index contributed by atoms with van der Waals surface area (Å²) in [6.45, 7) is 3.05. The van der Waals surface area contributed by atoms with Gasteiger partial charge in [0.2, 0.25) is 0 Å². The number of nitrogens with two attached hydrogens (primary N) is 1. The fourth-order valence-electron chi connectivity index (χ4n) is 2.44. The van der Waals surface area contributed by atoms with E-state index in [-0.39, 0.29) is 12.1 Å². The number of nitrogens with zero attached hydrogens (tertiary/aromatic N) is 2. The summed E-state index contributed by atoms with van der Waals surface area (Å²) in [5.41, 5.74) is 7.44. The molecule has 0 aliphatic heterocycles. The number of halogens is 1. The van der Waals surface area contributed by atoms with Gasteiger partial charge in [0.25, 0.3) is 0 Å². The van der Waals surface area contributed by atoms with E-state index in [0.29, 0.717) is 0 Å². The molecule has 0 spiro atoms. The molecule has 0 aliphatic rings. The second kappa shape index (κ2) is 7.90. The van der Waals surface area contributed by atoms with Crippen molar-refractivity contribution in [1.29, 1.82) is 0 Å². The maximum Gasteiger partial charge on any atom is 0.0931 e. The lowest BCUT2D eigenvalue weighted by atomic mass is 10.0. The summed E-state index contributed by atoms with van der Waals surface area (Å²) in [7, 11) is 2.12. The summed E-state index contributed by atoms with van der Waals surface area (Å²) in [5, 5.41) is 0. The zero-order chi connectivity index (χ0) is 15.2. The van der Waals surface area contributed by atoms with Gasteiger partial charge >= 0.3 is 0 Å². The lowest BCUT2D eigenvalue weighted by Crippen LogP contribution is -2.39. The summed E-state index contributed by atoms with van der Waals surface area (Å²) in [4.78, 5) is 7.92. The summed E-state index contributed by atoms with van der Waals surface area (Å²) >= 11 is 7.70. The third kappa shape index (κ3) is 4.51. The van der Waals surface area contributed by atoms with Crippen LogP contribution in [0.25, 0.3) is 0 Å². The van der Waals surface area contributed by atoms with Crippen molar-refractivity contribution in [2.45, 2.75) is 31.8 Å². The van der Waals surface area contributed by atoms with E-state index >= 15 is 0 Å². The molecule has 2 unspecified atom stereocenters. The van der Waals surface area contributed by atoms with Crippen molar-refractivity contribution < 1.29 is 0 Å². The monoisotopic (exact) mass is 323 g/mol. The number of hydrogen-bond donors (Lipinski definition) is 1. The first-order valence-corrected chi connectivity index (χ1v) is 8.42. The smallest absolute Gasteiger partial charge is 0.0931 e. The maximum absolute atomic E-state index is 6.33. The Kier molecular flexibility index (Phi) is 6.18. The van der Waals surface area contributed by atoms with Gasteiger partial charge in [0.1, 0.15) is 0 Å². The normalized spacial score (nSPS) is 14.3. The highest BCUT2D eigenvalue weighted by Gasteiger charge is 2.24. The molecule has 21 heavy (non-hydrogen) atoms. The van der Waals surface area contributed by atoms with Gasteiger partial charge in [-0.3, -0.25) is 9.88 Å². The van der Waals surface area contributed by atoms with E-state index in [1.807, 2.05) is 24.4 Å². The first-order chi connectivity index (χ1) is 10.1. The highest BCUT2D eigenvalue weighted by atomic mass is 35.5. The highest BCUT2D eigenvalue weighted by molar-refractivity contribution is 7.16. The molecule has 0 aromatic carbocycles. The molecule has 0 fully saturated rings. The topological polar surface area (TPSA) is 42.1 Å². The Bertz CT molecular complexity index is 543. The maximum atomic E-state index is 6.33. The predicted molar refractivity (Wildman–Crippen MR) is 90.9 cm³/mol. The van der Waals surface area contributed by atoms with E-state index < -0.39 is 0 Å². The summed E-state index contributed by atoms with van der Waals surface area (Å²) in [6.07, 6.45) is 3.70. The van der Waals surface area contributed by atoms with Gasteiger partial charge in [0.15, 0.2) is 0 Å². The van der Waals surface area contributed by atoms with Crippen LogP contribution in [0.15, 0.2) is 36.5 Å². The second-order valence-corrected chi connectivity index (χ2v) is 6.96. The average molecular weight is 324 g/mol. The molecule has 5 heteroatoms. The lowest BCUT2D eigenvalue weighted by molar-refractivity contribution is 0.215. The third-order valence-corrected chi connectivity index (χ3v) is 4.99. The van der Waals surface area contributed by atoms with Crippen molar-refractivity contribution in [2.75, 3.05) is 13.6 Å². The van der Waals surface area contributed by atoms with Gasteiger partial charge in [-0.25, -0.2) is 0 Å². The lowest BCUT2D eigenvalue weighted by Gasteiger charge is -2.31. The minimum atomic E-state index is 0.105. The van der Waals surface area contributed by atoms with Crippen LogP contribution in [0.5, 0.6) is 0 Å². The van der Waals surface area contributed by atoms with Crippen LogP contribution < -0.4 is 5.73 Å². The van der Waals surface area contributed by atoms with Crippen LogP contribution >= 0.6 is 22.9 Å². The molecule has 0 saturated carbocycles. The largest absolute Gasteiger partial charge is 0.326 e. The van der Waals surface area contributed by atoms with E-state index in [9.17, 15) is 0 Å². The molecule has 0 saturated heterocycles. The Morgan fingerprint density at radius 2 is 2.14 bits per heavy atom. The van der Waals surface area contributed by atoms with Gasteiger partial charge in [0.05, 0.1) is 10.4 Å². The quantitative estimate of drug-likeness (QED) is 0.843. The Balaban J connectivity index is 2.06. The molecule has 0 amide bonds.